The molecule has 0 rings (SSSR count). The standard InChI is InChI=1S/C4H9O2P.Zn/c1-4(2,3)6-7-5;/h1-3H3;. The van der Waals surface area contributed by atoms with Crippen LogP contribution < -0.4 is 0 Å². The largest absolute Gasteiger partial charge is 0.327 e. The van der Waals surface area contributed by atoms with Crippen LogP contribution in [0.1, 0.15) is 20.8 Å². The Balaban J connectivity index is 0. The van der Waals surface area contributed by atoms with Crippen molar-refractivity contribution in [2.45, 2.75) is 26.4 Å². The number of hydrogen-bond acceptors (Lipinski definition) is 2. The molecule has 44 valence electrons. The van der Waals surface area contributed by atoms with Crippen molar-refractivity contribution in [1.82, 2.24) is 0 Å². The molecule has 0 aliphatic heterocycles. The van der Waals surface area contributed by atoms with Gasteiger partial charge in [-0.3, -0.25) is 4.52 Å². The van der Waals surface area contributed by atoms with E-state index in [9.17, 15) is 4.57 Å². The van der Waals surface area contributed by atoms with Crippen molar-refractivity contribution in [1.29, 1.82) is 0 Å². The Labute approximate surface area is 64.0 Å². The van der Waals surface area contributed by atoms with E-state index in [1.165, 1.54) is 0 Å². The van der Waals surface area contributed by atoms with Crippen molar-refractivity contribution < 1.29 is 28.6 Å². The van der Waals surface area contributed by atoms with Crippen LogP contribution in [0.5, 0.6) is 0 Å². The van der Waals surface area contributed by atoms with E-state index in [0.29, 0.717) is 0 Å². The van der Waals surface area contributed by atoms with Gasteiger partial charge in [-0.05, 0) is 20.8 Å². The van der Waals surface area contributed by atoms with E-state index in [2.05, 4.69) is 4.52 Å². The van der Waals surface area contributed by atoms with Gasteiger partial charge < -0.3 is 0 Å². The van der Waals surface area contributed by atoms with Gasteiger partial charge in [0.25, 0.3) is 0 Å². The van der Waals surface area contributed by atoms with Gasteiger partial charge in [0, 0.05) is 19.5 Å². The molecule has 0 aliphatic carbocycles. The Morgan fingerprint density at radius 3 is 1.75 bits per heavy atom. The summed E-state index contributed by atoms with van der Waals surface area (Å²) in [5.74, 6) is 0. The van der Waals surface area contributed by atoms with Crippen LogP contribution >= 0.6 is 8.69 Å². The van der Waals surface area contributed by atoms with Gasteiger partial charge in [0.15, 0.2) is 0 Å². The minimum Gasteiger partial charge on any atom is -0.289 e. The van der Waals surface area contributed by atoms with Crippen molar-refractivity contribution >= 4 is 8.69 Å². The van der Waals surface area contributed by atoms with Crippen molar-refractivity contribution in [3.8, 4) is 0 Å². The molecule has 0 bridgehead atoms. The van der Waals surface area contributed by atoms with Gasteiger partial charge in [-0.1, -0.05) is 0 Å². The summed E-state index contributed by atoms with van der Waals surface area (Å²) in [6, 6.07) is 0. The molecule has 0 spiro atoms. The molecule has 0 heterocycles. The molecule has 0 radical (unpaired) electrons. The molecule has 0 amide bonds. The molecule has 0 fully saturated rings. The quantitative estimate of drug-likeness (QED) is 0.461. The van der Waals surface area contributed by atoms with Crippen LogP contribution in [0, 0.1) is 0 Å². The molecule has 0 saturated heterocycles. The predicted octanol–water partition coefficient (Wildman–Crippen LogP) is 2.01. The van der Waals surface area contributed by atoms with E-state index in [1.807, 2.05) is 20.8 Å². The third-order valence-corrected chi connectivity index (χ3v) is 0.933. The van der Waals surface area contributed by atoms with E-state index < -0.39 is 0 Å². The Bertz CT molecular complexity index is 68.9. The molecule has 0 aromatic carbocycles. The maximum absolute atomic E-state index is 9.70. The van der Waals surface area contributed by atoms with Crippen molar-refractivity contribution in [2.75, 3.05) is 0 Å². The second kappa shape index (κ2) is 4.55. The Morgan fingerprint density at radius 1 is 1.38 bits per heavy atom. The first kappa shape index (κ1) is 11.5. The van der Waals surface area contributed by atoms with Crippen LogP contribution in [0.3, 0.4) is 0 Å². The molecule has 2 nitrogen and oxygen atoms in total. The minimum absolute atomic E-state index is 0. The van der Waals surface area contributed by atoms with Gasteiger partial charge in [0.2, 0.25) is 0 Å². The molecule has 0 atom stereocenters. The Hall–Kier alpha value is 0.683. The third-order valence-electron chi connectivity index (χ3n) is 0.311. The van der Waals surface area contributed by atoms with Crippen LogP contribution in [0.4, 0.5) is 0 Å². The summed E-state index contributed by atoms with van der Waals surface area (Å²) in [5, 5.41) is 0. The average Bonchev–Trinajstić information content (AvgIpc) is 1.30. The van der Waals surface area contributed by atoms with E-state index in [4.69, 9.17) is 0 Å². The van der Waals surface area contributed by atoms with Gasteiger partial charge in [0.05, 0.1) is 5.60 Å². The molecule has 0 N–H and O–H groups in total. The number of rotatable bonds is 1. The van der Waals surface area contributed by atoms with Crippen molar-refractivity contribution in [2.24, 2.45) is 0 Å². The second-order valence-corrected chi connectivity index (χ2v) is 2.61. The molecular formula is C4H9O2PZn. The van der Waals surface area contributed by atoms with Crippen molar-refractivity contribution in [3.63, 3.8) is 0 Å². The second-order valence-electron chi connectivity index (χ2n) is 2.28. The molecule has 0 aromatic rings. The molecule has 0 aromatic heterocycles. The van der Waals surface area contributed by atoms with Crippen LogP contribution in [0.25, 0.3) is 0 Å². The normalized spacial score (nSPS) is 10.9. The fourth-order valence-corrected chi connectivity index (χ4v) is 0.335. The van der Waals surface area contributed by atoms with Crippen LogP contribution in [0.2, 0.25) is 0 Å². The van der Waals surface area contributed by atoms with Crippen molar-refractivity contribution in [3.05, 3.63) is 0 Å². The Kier molecular flexibility index (Phi) is 6.53. The van der Waals surface area contributed by atoms with E-state index in [-0.39, 0.29) is 33.8 Å². The van der Waals surface area contributed by atoms with E-state index >= 15 is 0 Å². The van der Waals surface area contributed by atoms with Gasteiger partial charge >= 0.3 is 8.69 Å². The van der Waals surface area contributed by atoms with Crippen LogP contribution in [-0.4, -0.2) is 5.60 Å². The third kappa shape index (κ3) is 9.84. The fourth-order valence-electron chi connectivity index (χ4n) is 0.112. The predicted molar refractivity (Wildman–Crippen MR) is 28.4 cm³/mol. The van der Waals surface area contributed by atoms with Crippen LogP contribution in [-0.2, 0) is 28.6 Å². The van der Waals surface area contributed by atoms with Gasteiger partial charge in [-0.15, -0.1) is 0 Å². The molecule has 8 heavy (non-hydrogen) atoms. The molecule has 0 unspecified atom stereocenters. The first-order chi connectivity index (χ1) is 3.06. The van der Waals surface area contributed by atoms with Gasteiger partial charge in [0.1, 0.15) is 0 Å². The zero-order valence-corrected chi connectivity index (χ0v) is 9.33. The summed E-state index contributed by atoms with van der Waals surface area (Å²) in [5.41, 5.74) is -0.274. The first-order valence-corrected chi connectivity index (χ1v) is 2.80. The minimum atomic E-state index is -0.274. The summed E-state index contributed by atoms with van der Waals surface area (Å²) in [6.45, 7) is 5.54. The average molecular weight is 185 g/mol. The molecule has 0 saturated carbocycles. The summed E-state index contributed by atoms with van der Waals surface area (Å²) in [7, 11) is -0.241. The number of hydrogen-bond donors (Lipinski definition) is 0. The van der Waals surface area contributed by atoms with Gasteiger partial charge in [-0.2, -0.15) is 0 Å². The molecule has 4 heteroatoms. The SMILES string of the molecule is CC(C)(C)OP=O.[Zn]. The van der Waals surface area contributed by atoms with Gasteiger partial charge in [-0.25, -0.2) is 4.57 Å². The summed E-state index contributed by atoms with van der Waals surface area (Å²) < 4.78 is 14.3. The molecule has 0 aliphatic rings. The monoisotopic (exact) mass is 184 g/mol. The fraction of sp³-hybridized carbons (Fsp3) is 1.00. The first-order valence-electron chi connectivity index (χ1n) is 2.07. The molecular weight excluding hydrogens is 176 g/mol. The maximum Gasteiger partial charge on any atom is 0.327 e. The van der Waals surface area contributed by atoms with Crippen LogP contribution in [0.15, 0.2) is 0 Å². The zero-order chi connectivity index (χ0) is 5.91. The Morgan fingerprint density at radius 2 is 1.75 bits per heavy atom. The topological polar surface area (TPSA) is 26.3 Å². The zero-order valence-electron chi connectivity index (χ0n) is 5.47. The smallest absolute Gasteiger partial charge is 0.289 e. The summed E-state index contributed by atoms with van der Waals surface area (Å²) >= 11 is 0. The summed E-state index contributed by atoms with van der Waals surface area (Å²) in [6.07, 6.45) is 0. The van der Waals surface area contributed by atoms with E-state index in [1.54, 1.807) is 0 Å². The van der Waals surface area contributed by atoms with E-state index in [0.717, 1.165) is 0 Å². The summed E-state index contributed by atoms with van der Waals surface area (Å²) in [4.78, 5) is 0. The maximum atomic E-state index is 9.70.